The van der Waals surface area contributed by atoms with Crippen LogP contribution < -0.4 is 0 Å². The third-order valence-electron chi connectivity index (χ3n) is 8.07. The van der Waals surface area contributed by atoms with Crippen molar-refractivity contribution in [3.63, 3.8) is 0 Å². The summed E-state index contributed by atoms with van der Waals surface area (Å²) in [6.45, 7) is 8.86. The van der Waals surface area contributed by atoms with E-state index < -0.39 is 5.60 Å². The lowest BCUT2D eigenvalue weighted by Gasteiger charge is -2.50. The second-order valence-electron chi connectivity index (χ2n) is 10.5. The summed E-state index contributed by atoms with van der Waals surface area (Å²) in [5, 5.41) is 22.2. The molecule has 2 N–H and O–H groups in total. The summed E-state index contributed by atoms with van der Waals surface area (Å²) in [6.07, 6.45) is 5.44. The first kappa shape index (κ1) is 19.2. The standard InChI is InChI=1S/C20H32Br2O3/c1-17(2)10-20(8-6-12(17)21)16(25-20)14-11(23)9-18(3)13(22)5-7-19(4,24)15(14)18/h11-16,23-24H,5-10H2,1-4H3/t11-,12-,13-,14+,15?,16-,18+,19+,20-/m1/s1. The molecule has 4 rings (SSSR count). The van der Waals surface area contributed by atoms with Crippen molar-refractivity contribution in [2.75, 3.05) is 0 Å². The molecule has 5 heteroatoms. The number of epoxide rings is 1. The van der Waals surface area contributed by atoms with Gasteiger partial charge >= 0.3 is 0 Å². The van der Waals surface area contributed by atoms with Crippen LogP contribution in [0.3, 0.4) is 0 Å². The van der Waals surface area contributed by atoms with Crippen LogP contribution in [0.5, 0.6) is 0 Å². The molecule has 3 nitrogen and oxygen atoms in total. The quantitative estimate of drug-likeness (QED) is 0.432. The van der Waals surface area contributed by atoms with Gasteiger partial charge in [-0.1, -0.05) is 52.6 Å². The molecule has 3 saturated carbocycles. The van der Waals surface area contributed by atoms with Crippen molar-refractivity contribution in [2.24, 2.45) is 22.7 Å². The second-order valence-corrected chi connectivity index (χ2v) is 12.7. The molecule has 1 unspecified atom stereocenters. The van der Waals surface area contributed by atoms with Crippen LogP contribution in [0.1, 0.15) is 66.2 Å². The van der Waals surface area contributed by atoms with Crippen LogP contribution >= 0.6 is 31.9 Å². The van der Waals surface area contributed by atoms with Gasteiger partial charge in [0.1, 0.15) is 0 Å². The summed E-state index contributed by atoms with van der Waals surface area (Å²) in [5.41, 5.74) is -0.676. The highest BCUT2D eigenvalue weighted by atomic mass is 79.9. The van der Waals surface area contributed by atoms with Gasteiger partial charge in [-0.15, -0.1) is 0 Å². The molecule has 0 aromatic heterocycles. The van der Waals surface area contributed by atoms with Crippen LogP contribution in [0.15, 0.2) is 0 Å². The summed E-state index contributed by atoms with van der Waals surface area (Å²) < 4.78 is 6.40. The zero-order valence-electron chi connectivity index (χ0n) is 15.8. The molecule has 1 heterocycles. The van der Waals surface area contributed by atoms with Crippen LogP contribution in [0.2, 0.25) is 0 Å². The topological polar surface area (TPSA) is 53.0 Å². The van der Waals surface area contributed by atoms with Gasteiger partial charge in [-0.25, -0.2) is 0 Å². The van der Waals surface area contributed by atoms with Gasteiger partial charge in [0, 0.05) is 21.5 Å². The van der Waals surface area contributed by atoms with Crippen molar-refractivity contribution >= 4 is 31.9 Å². The van der Waals surface area contributed by atoms with E-state index in [9.17, 15) is 10.2 Å². The SMILES string of the molecule is CC1(C)C[C@@]2(CC[C@H]1Br)O[C@@H]2[C@@H]1C2[C@@](C)(O)CC[C@@H](Br)[C@]2(C)C[C@H]1O. The fourth-order valence-electron chi connectivity index (χ4n) is 6.83. The molecule has 1 saturated heterocycles. The van der Waals surface area contributed by atoms with Crippen molar-refractivity contribution < 1.29 is 14.9 Å². The molecule has 4 aliphatic rings. The lowest BCUT2D eigenvalue weighted by atomic mass is 9.59. The molecular formula is C20H32Br2O3. The number of halogens is 2. The zero-order chi connectivity index (χ0) is 18.4. The Labute approximate surface area is 168 Å². The van der Waals surface area contributed by atoms with Crippen molar-refractivity contribution in [1.29, 1.82) is 0 Å². The van der Waals surface area contributed by atoms with Gasteiger partial charge in [-0.2, -0.15) is 0 Å². The van der Waals surface area contributed by atoms with Crippen LogP contribution in [0.4, 0.5) is 0 Å². The lowest BCUT2D eigenvalue weighted by molar-refractivity contribution is -0.0996. The maximum absolute atomic E-state index is 11.2. The third kappa shape index (κ3) is 2.73. The van der Waals surface area contributed by atoms with E-state index >= 15 is 0 Å². The molecule has 1 aliphatic heterocycles. The highest BCUT2D eigenvalue weighted by molar-refractivity contribution is 9.09. The number of aliphatic hydroxyl groups excluding tert-OH is 1. The summed E-state index contributed by atoms with van der Waals surface area (Å²) in [5.74, 6) is 0.130. The monoisotopic (exact) mass is 478 g/mol. The molecular weight excluding hydrogens is 448 g/mol. The highest BCUT2D eigenvalue weighted by Gasteiger charge is 2.72. The minimum absolute atomic E-state index is 0.0445. The fraction of sp³-hybridized carbons (Fsp3) is 1.00. The lowest BCUT2D eigenvalue weighted by Crippen LogP contribution is -2.54. The Morgan fingerprint density at radius 3 is 2.28 bits per heavy atom. The maximum atomic E-state index is 11.2. The average Bonchev–Trinajstić information content (AvgIpc) is 3.07. The van der Waals surface area contributed by atoms with Crippen LogP contribution in [-0.4, -0.2) is 43.3 Å². The highest BCUT2D eigenvalue weighted by Crippen LogP contribution is 2.67. The van der Waals surface area contributed by atoms with Crippen LogP contribution in [-0.2, 0) is 4.74 Å². The predicted molar refractivity (Wildman–Crippen MR) is 106 cm³/mol. The molecule has 0 bridgehead atoms. The molecule has 0 radical (unpaired) electrons. The van der Waals surface area contributed by atoms with E-state index in [-0.39, 0.29) is 40.5 Å². The Balaban J connectivity index is 1.63. The Hall–Kier alpha value is 0.840. The van der Waals surface area contributed by atoms with E-state index in [1.807, 2.05) is 6.92 Å². The summed E-state index contributed by atoms with van der Waals surface area (Å²) >= 11 is 7.72. The van der Waals surface area contributed by atoms with E-state index in [1.165, 1.54) is 0 Å². The van der Waals surface area contributed by atoms with Gasteiger partial charge in [-0.3, -0.25) is 0 Å². The Morgan fingerprint density at radius 1 is 1.00 bits per heavy atom. The fourth-order valence-corrected chi connectivity index (χ4v) is 7.92. The first-order valence-corrected chi connectivity index (χ1v) is 11.6. The molecule has 25 heavy (non-hydrogen) atoms. The van der Waals surface area contributed by atoms with Crippen molar-refractivity contribution in [2.45, 2.75) is 99.3 Å². The molecule has 0 aromatic carbocycles. The van der Waals surface area contributed by atoms with Gasteiger partial charge < -0.3 is 14.9 Å². The molecule has 9 atom stereocenters. The molecule has 144 valence electrons. The van der Waals surface area contributed by atoms with Crippen molar-refractivity contribution in [1.82, 2.24) is 0 Å². The van der Waals surface area contributed by atoms with Gasteiger partial charge in [0.05, 0.1) is 23.4 Å². The van der Waals surface area contributed by atoms with E-state index in [2.05, 4.69) is 52.6 Å². The molecule has 0 aromatic rings. The van der Waals surface area contributed by atoms with Gasteiger partial charge in [0.15, 0.2) is 0 Å². The zero-order valence-corrected chi connectivity index (χ0v) is 18.9. The molecule has 1 spiro atoms. The summed E-state index contributed by atoms with van der Waals surface area (Å²) in [4.78, 5) is 0.883. The maximum Gasteiger partial charge on any atom is 0.0958 e. The van der Waals surface area contributed by atoms with E-state index in [4.69, 9.17) is 4.74 Å². The normalized spacial score (nSPS) is 60.5. The van der Waals surface area contributed by atoms with Crippen molar-refractivity contribution in [3.8, 4) is 0 Å². The van der Waals surface area contributed by atoms with E-state index in [0.29, 0.717) is 9.65 Å². The second kappa shape index (κ2) is 5.68. The molecule has 0 amide bonds. The number of alkyl halides is 2. The first-order chi connectivity index (χ1) is 11.4. The summed E-state index contributed by atoms with van der Waals surface area (Å²) in [7, 11) is 0. The summed E-state index contributed by atoms with van der Waals surface area (Å²) in [6, 6.07) is 0. The average molecular weight is 480 g/mol. The van der Waals surface area contributed by atoms with Crippen LogP contribution in [0.25, 0.3) is 0 Å². The smallest absolute Gasteiger partial charge is 0.0958 e. The van der Waals surface area contributed by atoms with E-state index in [0.717, 1.165) is 38.5 Å². The molecule has 3 aliphatic carbocycles. The molecule has 4 fully saturated rings. The number of hydrogen-bond donors (Lipinski definition) is 2. The number of hydrogen-bond acceptors (Lipinski definition) is 3. The minimum atomic E-state index is -0.726. The van der Waals surface area contributed by atoms with Crippen LogP contribution in [0, 0.1) is 22.7 Å². The number of rotatable bonds is 1. The Morgan fingerprint density at radius 2 is 1.64 bits per heavy atom. The Bertz CT molecular complexity index is 565. The van der Waals surface area contributed by atoms with Crippen molar-refractivity contribution in [3.05, 3.63) is 0 Å². The van der Waals surface area contributed by atoms with Gasteiger partial charge in [0.25, 0.3) is 0 Å². The number of aliphatic hydroxyl groups is 2. The number of fused-ring (bicyclic) bond motifs is 1. The minimum Gasteiger partial charge on any atom is -0.393 e. The number of ether oxygens (including phenoxy) is 1. The Kier molecular flexibility index (Phi) is 4.36. The largest absolute Gasteiger partial charge is 0.393 e. The third-order valence-corrected chi connectivity index (χ3v) is 11.3. The first-order valence-electron chi connectivity index (χ1n) is 9.79. The van der Waals surface area contributed by atoms with E-state index in [1.54, 1.807) is 0 Å². The van der Waals surface area contributed by atoms with Gasteiger partial charge in [-0.05, 0) is 56.3 Å². The predicted octanol–water partition coefficient (Wildman–Crippen LogP) is 4.41. The van der Waals surface area contributed by atoms with Gasteiger partial charge in [0.2, 0.25) is 0 Å².